The summed E-state index contributed by atoms with van der Waals surface area (Å²) in [6.07, 6.45) is -1.12. The Kier molecular flexibility index (Phi) is 5.79. The van der Waals surface area contributed by atoms with Crippen LogP contribution < -0.4 is 15.2 Å². The maximum Gasteiger partial charge on any atom is 0.422 e. The molecule has 11 heteroatoms. The van der Waals surface area contributed by atoms with Gasteiger partial charge in [-0.05, 0) is 25.1 Å². The Hall–Kier alpha value is -2.01. The van der Waals surface area contributed by atoms with Crippen molar-refractivity contribution >= 4 is 43.8 Å². The maximum absolute atomic E-state index is 11.8. The van der Waals surface area contributed by atoms with Crippen molar-refractivity contribution in [3.8, 4) is 0 Å². The third-order valence-corrected chi connectivity index (χ3v) is 3.52. The third-order valence-electron chi connectivity index (χ3n) is 2.10. The molecule has 0 aromatic heterocycles. The molecule has 1 rings (SSSR count). The van der Waals surface area contributed by atoms with Crippen LogP contribution in [0, 0.1) is 0 Å². The minimum absolute atomic E-state index is 0.0106. The number of nitrogens with two attached hydrogens (primary N) is 1. The number of nitrogens with zero attached hydrogens (tertiary/aromatic N) is 1. The van der Waals surface area contributed by atoms with Crippen LogP contribution in [0.4, 0.5) is 10.5 Å². The van der Waals surface area contributed by atoms with E-state index in [1.54, 1.807) is 10.8 Å². The van der Waals surface area contributed by atoms with Gasteiger partial charge in [-0.15, -0.1) is 0 Å². The van der Waals surface area contributed by atoms with Gasteiger partial charge in [0.15, 0.2) is 5.84 Å². The van der Waals surface area contributed by atoms with E-state index < -0.39 is 16.3 Å². The van der Waals surface area contributed by atoms with Crippen LogP contribution in [0.25, 0.3) is 0 Å². The molecule has 1 aromatic carbocycles. The first-order valence-corrected chi connectivity index (χ1v) is 7.81. The predicted octanol–water partition coefficient (Wildman–Crippen LogP) is 0.946. The van der Waals surface area contributed by atoms with E-state index in [2.05, 4.69) is 30.5 Å². The average molecular weight is 381 g/mol. The van der Waals surface area contributed by atoms with Crippen LogP contribution in [0.2, 0.25) is 0 Å². The molecule has 9 nitrogen and oxygen atoms in total. The van der Waals surface area contributed by atoms with Crippen molar-refractivity contribution in [2.24, 2.45) is 10.9 Å². The number of amides is 1. The van der Waals surface area contributed by atoms with Crippen LogP contribution in [0.5, 0.6) is 0 Å². The zero-order valence-electron chi connectivity index (χ0n) is 10.8. The number of rotatable bonds is 5. The third kappa shape index (κ3) is 5.11. The molecule has 0 saturated carbocycles. The number of halogens is 1. The van der Waals surface area contributed by atoms with Crippen molar-refractivity contribution in [2.75, 3.05) is 11.3 Å². The van der Waals surface area contributed by atoms with Crippen molar-refractivity contribution in [2.45, 2.75) is 6.92 Å². The fourth-order valence-electron chi connectivity index (χ4n) is 1.32. The molecule has 0 aliphatic carbocycles. The molecule has 0 aliphatic heterocycles. The number of ether oxygens (including phenoxy) is 1. The molecule has 0 radical (unpaired) electrons. The Bertz CT molecular complexity index is 661. The SMILES string of the molecule is CCOC(=O)NS(=O)(=O)Nc1cc(Br)ccc1/C(N)=N/O. The standard InChI is InChI=1S/C10H13BrN4O5S/c1-2-20-10(16)15-21(18,19)14-8-5-6(11)3-4-7(8)9(12)13-17/h3-5,14,17H,2H2,1H3,(H2,12,13)(H,15,16). The summed E-state index contributed by atoms with van der Waals surface area (Å²) < 4.78 is 32.3. The van der Waals surface area contributed by atoms with Crippen molar-refractivity contribution < 1.29 is 23.2 Å². The number of nitrogens with one attached hydrogen (secondary N) is 2. The van der Waals surface area contributed by atoms with Gasteiger partial charge in [0.1, 0.15) is 0 Å². The van der Waals surface area contributed by atoms with Crippen molar-refractivity contribution in [1.29, 1.82) is 0 Å². The van der Waals surface area contributed by atoms with E-state index in [-0.39, 0.29) is 23.7 Å². The molecule has 5 N–H and O–H groups in total. The maximum atomic E-state index is 11.8. The van der Waals surface area contributed by atoms with Gasteiger partial charge in [-0.25, -0.2) is 9.52 Å². The van der Waals surface area contributed by atoms with E-state index >= 15 is 0 Å². The highest BCUT2D eigenvalue weighted by molar-refractivity contribution is 9.10. The summed E-state index contributed by atoms with van der Waals surface area (Å²) in [4.78, 5) is 11.1. The van der Waals surface area contributed by atoms with Gasteiger partial charge in [-0.2, -0.15) is 8.42 Å². The van der Waals surface area contributed by atoms with E-state index in [0.29, 0.717) is 4.47 Å². The predicted molar refractivity (Wildman–Crippen MR) is 79.4 cm³/mol. The average Bonchev–Trinajstić information content (AvgIpc) is 2.37. The molecule has 116 valence electrons. The zero-order valence-corrected chi connectivity index (χ0v) is 13.2. The normalized spacial score (nSPS) is 11.8. The lowest BCUT2D eigenvalue weighted by Crippen LogP contribution is -2.36. The van der Waals surface area contributed by atoms with Gasteiger partial charge in [-0.3, -0.25) is 4.72 Å². The number of hydrogen-bond acceptors (Lipinski definition) is 6. The molecule has 0 unspecified atom stereocenters. The van der Waals surface area contributed by atoms with Gasteiger partial charge in [-0.1, -0.05) is 21.1 Å². The molecule has 21 heavy (non-hydrogen) atoms. The molecule has 1 amide bonds. The van der Waals surface area contributed by atoms with E-state index in [0.717, 1.165) is 0 Å². The number of hydrogen-bond donors (Lipinski definition) is 4. The first kappa shape index (κ1) is 17.0. The summed E-state index contributed by atoms with van der Waals surface area (Å²) >= 11 is 3.16. The van der Waals surface area contributed by atoms with Crippen molar-refractivity contribution in [3.63, 3.8) is 0 Å². The highest BCUT2D eigenvalue weighted by Gasteiger charge is 2.18. The lowest BCUT2D eigenvalue weighted by atomic mass is 10.2. The van der Waals surface area contributed by atoms with Crippen LogP contribution in [0.3, 0.4) is 0 Å². The molecule has 0 atom stereocenters. The number of benzene rings is 1. The van der Waals surface area contributed by atoms with Gasteiger partial charge in [0.05, 0.1) is 12.3 Å². The Morgan fingerprint density at radius 1 is 1.52 bits per heavy atom. The van der Waals surface area contributed by atoms with Crippen LogP contribution in [-0.2, 0) is 14.9 Å². The van der Waals surface area contributed by atoms with Crippen molar-refractivity contribution in [1.82, 2.24) is 4.72 Å². The number of carbonyl (C=O) groups is 1. The Labute approximate surface area is 129 Å². The summed E-state index contributed by atoms with van der Waals surface area (Å²) in [7, 11) is -4.22. The second kappa shape index (κ2) is 7.13. The van der Waals surface area contributed by atoms with E-state index in [1.807, 2.05) is 0 Å². The Morgan fingerprint density at radius 3 is 2.76 bits per heavy atom. The summed E-state index contributed by atoms with van der Waals surface area (Å²) in [6.45, 7) is 1.55. The van der Waals surface area contributed by atoms with E-state index in [4.69, 9.17) is 10.9 Å². The summed E-state index contributed by atoms with van der Waals surface area (Å²) in [5.41, 5.74) is 5.60. The number of amidine groups is 1. The van der Waals surface area contributed by atoms with Gasteiger partial charge in [0.25, 0.3) is 0 Å². The first-order chi connectivity index (χ1) is 9.79. The number of oxime groups is 1. The smallest absolute Gasteiger partial charge is 0.422 e. The molecular formula is C10H13BrN4O5S. The fourth-order valence-corrected chi connectivity index (χ4v) is 2.47. The highest BCUT2D eigenvalue weighted by Crippen LogP contribution is 2.22. The minimum Gasteiger partial charge on any atom is -0.449 e. The van der Waals surface area contributed by atoms with Gasteiger partial charge in [0.2, 0.25) is 0 Å². The summed E-state index contributed by atoms with van der Waals surface area (Å²) in [6, 6.07) is 4.39. The number of anilines is 1. The van der Waals surface area contributed by atoms with Crippen LogP contribution in [-0.4, -0.2) is 32.2 Å². The largest absolute Gasteiger partial charge is 0.449 e. The zero-order chi connectivity index (χ0) is 16.0. The number of carbonyl (C=O) groups excluding carboxylic acids is 1. The van der Waals surface area contributed by atoms with Crippen LogP contribution in [0.1, 0.15) is 12.5 Å². The first-order valence-electron chi connectivity index (χ1n) is 5.53. The van der Waals surface area contributed by atoms with Crippen LogP contribution >= 0.6 is 15.9 Å². The quantitative estimate of drug-likeness (QED) is 0.259. The Balaban J connectivity index is 3.06. The van der Waals surface area contributed by atoms with E-state index in [9.17, 15) is 13.2 Å². The van der Waals surface area contributed by atoms with Gasteiger partial charge < -0.3 is 15.7 Å². The van der Waals surface area contributed by atoms with Gasteiger partial charge >= 0.3 is 16.3 Å². The summed E-state index contributed by atoms with van der Waals surface area (Å²) in [5.74, 6) is -0.295. The molecule has 0 heterocycles. The molecule has 0 aliphatic rings. The summed E-state index contributed by atoms with van der Waals surface area (Å²) in [5, 5.41) is 11.5. The molecule has 0 fully saturated rings. The highest BCUT2D eigenvalue weighted by atomic mass is 79.9. The molecule has 0 bridgehead atoms. The molecule has 1 aromatic rings. The topological polar surface area (TPSA) is 143 Å². The van der Waals surface area contributed by atoms with Gasteiger partial charge in [0, 0.05) is 10.0 Å². The Morgan fingerprint density at radius 2 is 2.19 bits per heavy atom. The monoisotopic (exact) mass is 380 g/mol. The van der Waals surface area contributed by atoms with Crippen LogP contribution in [0.15, 0.2) is 27.8 Å². The van der Waals surface area contributed by atoms with E-state index in [1.165, 1.54) is 19.1 Å². The minimum atomic E-state index is -4.22. The second-order valence-electron chi connectivity index (χ2n) is 3.60. The lowest BCUT2D eigenvalue weighted by Gasteiger charge is -2.12. The lowest BCUT2D eigenvalue weighted by molar-refractivity contribution is 0.159. The van der Waals surface area contributed by atoms with Crippen molar-refractivity contribution in [3.05, 3.63) is 28.2 Å². The molecule has 0 saturated heterocycles. The molecule has 0 spiro atoms. The second-order valence-corrected chi connectivity index (χ2v) is 5.93. The fraction of sp³-hybridized carbons (Fsp3) is 0.200. The molecular weight excluding hydrogens is 368 g/mol.